The Morgan fingerprint density at radius 1 is 1.10 bits per heavy atom. The fourth-order valence-corrected chi connectivity index (χ4v) is 3.97. The van der Waals surface area contributed by atoms with Gasteiger partial charge in [-0.25, -0.2) is 17.5 Å². The van der Waals surface area contributed by atoms with E-state index in [1.807, 2.05) is 18.2 Å². The zero-order valence-corrected chi connectivity index (χ0v) is 16.8. The fraction of sp³-hybridized carbons (Fsp3) is 0.263. The summed E-state index contributed by atoms with van der Waals surface area (Å²) >= 11 is 0. The van der Waals surface area contributed by atoms with Crippen molar-refractivity contribution in [3.8, 4) is 0 Å². The molecule has 3 aromatic rings. The molecule has 3 heterocycles. The number of fused-ring (bicyclic) bond motifs is 1. The highest BCUT2D eigenvalue weighted by Gasteiger charge is 2.51. The number of rotatable bonds is 5. The van der Waals surface area contributed by atoms with E-state index in [-0.39, 0.29) is 17.4 Å². The Kier molecular flexibility index (Phi) is 4.28. The Bertz CT molecular complexity index is 1190. The average Bonchev–Trinajstić information content (AvgIpc) is 3.36. The molecule has 1 saturated heterocycles. The molecular formula is C19H19N3O6S. The number of amides is 3. The highest BCUT2D eigenvalue weighted by molar-refractivity contribution is 7.88. The van der Waals surface area contributed by atoms with E-state index in [2.05, 4.69) is 5.32 Å². The quantitative estimate of drug-likeness (QED) is 0.637. The maximum Gasteiger partial charge on any atom is 0.325 e. The van der Waals surface area contributed by atoms with Crippen molar-refractivity contribution in [1.82, 2.24) is 14.5 Å². The minimum Gasteiger partial charge on any atom is -0.458 e. The lowest BCUT2D eigenvalue weighted by molar-refractivity contribution is -0.132. The lowest BCUT2D eigenvalue weighted by Crippen LogP contribution is -2.40. The first-order valence-electron chi connectivity index (χ1n) is 8.77. The van der Waals surface area contributed by atoms with Crippen LogP contribution in [-0.4, -0.2) is 43.7 Å². The number of urea groups is 1. The van der Waals surface area contributed by atoms with Crippen molar-refractivity contribution in [2.45, 2.75) is 24.1 Å². The van der Waals surface area contributed by atoms with Crippen LogP contribution in [0.25, 0.3) is 11.0 Å². The predicted molar refractivity (Wildman–Crippen MR) is 102 cm³/mol. The number of para-hydroxylation sites is 1. The number of carbonyl (C=O) groups excluding carboxylic acids is 2. The van der Waals surface area contributed by atoms with E-state index in [1.54, 1.807) is 19.1 Å². The molecule has 4 rings (SSSR count). The SMILES string of the molecule is CN(C)S(=O)(=O)c1ccc(CN2C(=O)NC(C)(c3cc4ccccc4o3)C2=O)o1. The molecule has 3 amide bonds. The van der Waals surface area contributed by atoms with Gasteiger partial charge in [-0.05, 0) is 31.2 Å². The Balaban J connectivity index is 1.61. The van der Waals surface area contributed by atoms with Crippen LogP contribution in [0.5, 0.6) is 0 Å². The van der Waals surface area contributed by atoms with Gasteiger partial charge in [-0.3, -0.25) is 9.69 Å². The van der Waals surface area contributed by atoms with Crippen LogP contribution in [0.3, 0.4) is 0 Å². The third-order valence-corrected chi connectivity index (χ3v) is 6.57. The van der Waals surface area contributed by atoms with Crippen LogP contribution in [-0.2, 0) is 26.9 Å². The van der Waals surface area contributed by atoms with Gasteiger partial charge in [0.2, 0.25) is 5.09 Å². The molecular weight excluding hydrogens is 398 g/mol. The summed E-state index contributed by atoms with van der Waals surface area (Å²) in [5.41, 5.74) is -0.768. The summed E-state index contributed by atoms with van der Waals surface area (Å²) in [6.45, 7) is 1.36. The number of hydrogen-bond acceptors (Lipinski definition) is 6. The van der Waals surface area contributed by atoms with Gasteiger partial charge in [-0.15, -0.1) is 0 Å². The third-order valence-electron chi connectivity index (χ3n) is 4.88. The van der Waals surface area contributed by atoms with Crippen molar-refractivity contribution in [3.63, 3.8) is 0 Å². The fourth-order valence-electron chi connectivity index (χ4n) is 3.15. The first kappa shape index (κ1) is 19.2. The molecule has 1 atom stereocenters. The molecule has 1 aliphatic rings. The van der Waals surface area contributed by atoms with Crippen molar-refractivity contribution in [3.05, 3.63) is 54.0 Å². The number of nitrogens with one attached hydrogen (secondary N) is 1. The van der Waals surface area contributed by atoms with Crippen molar-refractivity contribution in [1.29, 1.82) is 0 Å². The van der Waals surface area contributed by atoms with Gasteiger partial charge in [0.05, 0.1) is 6.54 Å². The van der Waals surface area contributed by atoms with Crippen LogP contribution in [0.4, 0.5) is 4.79 Å². The lowest BCUT2D eigenvalue weighted by atomic mass is 9.99. The normalized spacial score (nSPS) is 20.1. The Morgan fingerprint density at radius 3 is 2.52 bits per heavy atom. The average molecular weight is 417 g/mol. The lowest BCUT2D eigenvalue weighted by Gasteiger charge is -2.18. The van der Waals surface area contributed by atoms with E-state index in [1.165, 1.54) is 26.2 Å². The monoisotopic (exact) mass is 417 g/mol. The standard InChI is InChI=1S/C19H19N3O6S/c1-19(15-10-12-6-4-5-7-14(12)28-15)17(23)22(18(24)20-19)11-13-8-9-16(27-13)29(25,26)21(2)3/h4-10H,11H2,1-3H3,(H,20,24). The molecule has 152 valence electrons. The highest BCUT2D eigenvalue weighted by atomic mass is 32.2. The summed E-state index contributed by atoms with van der Waals surface area (Å²) in [5, 5.41) is 3.21. The van der Waals surface area contributed by atoms with Gasteiger partial charge in [0.1, 0.15) is 17.1 Å². The number of hydrogen-bond donors (Lipinski definition) is 1. The summed E-state index contributed by atoms with van der Waals surface area (Å²) in [6, 6.07) is 11.1. The summed E-state index contributed by atoms with van der Waals surface area (Å²) in [7, 11) is -0.984. The van der Waals surface area contributed by atoms with E-state index in [4.69, 9.17) is 8.83 Å². The van der Waals surface area contributed by atoms with Gasteiger partial charge in [0, 0.05) is 19.5 Å². The zero-order valence-electron chi connectivity index (χ0n) is 16.0. The van der Waals surface area contributed by atoms with Crippen LogP contribution < -0.4 is 5.32 Å². The van der Waals surface area contributed by atoms with Crippen molar-refractivity contribution in [2.75, 3.05) is 14.1 Å². The van der Waals surface area contributed by atoms with E-state index < -0.39 is 27.5 Å². The Labute approximate surface area is 166 Å². The number of furan rings is 2. The molecule has 0 aliphatic carbocycles. The second-order valence-electron chi connectivity index (χ2n) is 7.10. The smallest absolute Gasteiger partial charge is 0.325 e. The van der Waals surface area contributed by atoms with Gasteiger partial charge in [-0.2, -0.15) is 0 Å². The topological polar surface area (TPSA) is 113 Å². The van der Waals surface area contributed by atoms with E-state index in [0.29, 0.717) is 11.3 Å². The summed E-state index contributed by atoms with van der Waals surface area (Å²) in [5.74, 6) is -0.0346. The zero-order chi connectivity index (χ0) is 21.0. The minimum atomic E-state index is -3.75. The Hall–Kier alpha value is -3.11. The molecule has 29 heavy (non-hydrogen) atoms. The molecule has 2 aromatic heterocycles. The molecule has 1 aromatic carbocycles. The highest BCUT2D eigenvalue weighted by Crippen LogP contribution is 2.33. The molecule has 0 saturated carbocycles. The van der Waals surface area contributed by atoms with Crippen molar-refractivity contribution >= 4 is 32.9 Å². The maximum atomic E-state index is 13.0. The van der Waals surface area contributed by atoms with Gasteiger partial charge in [0.15, 0.2) is 5.54 Å². The second kappa shape index (κ2) is 6.46. The second-order valence-corrected chi connectivity index (χ2v) is 9.19. The first-order chi connectivity index (χ1) is 13.6. The third kappa shape index (κ3) is 3.00. The molecule has 0 radical (unpaired) electrons. The molecule has 1 unspecified atom stereocenters. The molecule has 10 heteroatoms. The molecule has 9 nitrogen and oxygen atoms in total. The first-order valence-corrected chi connectivity index (χ1v) is 10.2. The summed E-state index contributed by atoms with van der Waals surface area (Å²) < 4.78 is 36.4. The van der Waals surface area contributed by atoms with Crippen LogP contribution in [0.1, 0.15) is 18.4 Å². The number of benzene rings is 1. The Morgan fingerprint density at radius 2 is 1.83 bits per heavy atom. The largest absolute Gasteiger partial charge is 0.458 e. The van der Waals surface area contributed by atoms with Crippen LogP contribution in [0.2, 0.25) is 0 Å². The molecule has 0 spiro atoms. The molecule has 1 fully saturated rings. The molecule has 1 N–H and O–H groups in total. The van der Waals surface area contributed by atoms with Gasteiger partial charge < -0.3 is 14.2 Å². The summed E-state index contributed by atoms with van der Waals surface area (Å²) in [6.07, 6.45) is 0. The summed E-state index contributed by atoms with van der Waals surface area (Å²) in [4.78, 5) is 26.5. The van der Waals surface area contributed by atoms with Crippen LogP contribution in [0, 0.1) is 0 Å². The van der Waals surface area contributed by atoms with E-state index in [0.717, 1.165) is 14.6 Å². The number of nitrogens with zero attached hydrogens (tertiary/aromatic N) is 2. The van der Waals surface area contributed by atoms with Gasteiger partial charge >= 0.3 is 6.03 Å². The van der Waals surface area contributed by atoms with Gasteiger partial charge in [0.25, 0.3) is 15.9 Å². The van der Waals surface area contributed by atoms with Crippen LogP contribution >= 0.6 is 0 Å². The number of imide groups is 1. The van der Waals surface area contributed by atoms with Crippen molar-refractivity contribution < 1.29 is 26.8 Å². The maximum absolute atomic E-state index is 13.0. The van der Waals surface area contributed by atoms with Crippen molar-refractivity contribution in [2.24, 2.45) is 0 Å². The predicted octanol–water partition coefficient (Wildman–Crippen LogP) is 2.24. The molecule has 0 bridgehead atoms. The number of carbonyl (C=O) groups is 2. The van der Waals surface area contributed by atoms with E-state index in [9.17, 15) is 18.0 Å². The van der Waals surface area contributed by atoms with E-state index >= 15 is 0 Å². The van der Waals surface area contributed by atoms with Crippen LogP contribution in [0.15, 0.2) is 56.4 Å². The minimum absolute atomic E-state index is 0.169. The molecule has 1 aliphatic heterocycles. The van der Waals surface area contributed by atoms with Gasteiger partial charge in [-0.1, -0.05) is 18.2 Å². The number of sulfonamides is 1.